The summed E-state index contributed by atoms with van der Waals surface area (Å²) < 4.78 is 40.6. The SMILES string of the molecule is Nc1ncn(CC(=O)NCCOCC(F)(F)F)n1. The van der Waals surface area contributed by atoms with Gasteiger partial charge < -0.3 is 15.8 Å². The van der Waals surface area contributed by atoms with Crippen LogP contribution in [0, 0.1) is 0 Å². The van der Waals surface area contributed by atoms with Crippen LogP contribution in [0.15, 0.2) is 6.33 Å². The molecule has 10 heteroatoms. The second-order valence-corrected chi connectivity index (χ2v) is 3.32. The highest BCUT2D eigenvalue weighted by atomic mass is 19.4. The van der Waals surface area contributed by atoms with Gasteiger partial charge in [0.2, 0.25) is 11.9 Å². The van der Waals surface area contributed by atoms with Crippen LogP contribution in [-0.4, -0.2) is 46.6 Å². The lowest BCUT2D eigenvalue weighted by molar-refractivity contribution is -0.173. The third-order valence-electron chi connectivity index (χ3n) is 1.69. The van der Waals surface area contributed by atoms with Crippen LogP contribution in [0.1, 0.15) is 0 Å². The number of alkyl halides is 3. The molecule has 0 saturated carbocycles. The lowest BCUT2D eigenvalue weighted by Gasteiger charge is -2.08. The summed E-state index contributed by atoms with van der Waals surface area (Å²) in [6.07, 6.45) is -3.09. The standard InChI is InChI=1S/C8H12F3N5O2/c9-8(10,11)4-18-2-1-13-6(17)3-16-5-14-7(12)15-16/h5H,1-4H2,(H2,12,15)(H,13,17). The number of nitrogen functional groups attached to an aromatic ring is 1. The molecule has 1 aromatic rings. The van der Waals surface area contributed by atoms with Gasteiger partial charge in [0.25, 0.3) is 0 Å². The lowest BCUT2D eigenvalue weighted by Crippen LogP contribution is -2.31. The first-order valence-electron chi connectivity index (χ1n) is 4.93. The smallest absolute Gasteiger partial charge is 0.370 e. The van der Waals surface area contributed by atoms with Crippen LogP contribution in [0.4, 0.5) is 19.1 Å². The zero-order chi connectivity index (χ0) is 13.6. The van der Waals surface area contributed by atoms with Crippen LogP contribution in [0.2, 0.25) is 0 Å². The van der Waals surface area contributed by atoms with Crippen molar-refractivity contribution in [1.82, 2.24) is 20.1 Å². The van der Waals surface area contributed by atoms with Crippen LogP contribution >= 0.6 is 0 Å². The maximum Gasteiger partial charge on any atom is 0.411 e. The molecule has 1 heterocycles. The Bertz CT molecular complexity index is 392. The highest BCUT2D eigenvalue weighted by Crippen LogP contribution is 2.13. The van der Waals surface area contributed by atoms with Gasteiger partial charge in [-0.25, -0.2) is 9.67 Å². The number of aromatic nitrogens is 3. The quantitative estimate of drug-likeness (QED) is 0.681. The van der Waals surface area contributed by atoms with E-state index in [1.54, 1.807) is 0 Å². The number of anilines is 1. The second-order valence-electron chi connectivity index (χ2n) is 3.32. The molecule has 18 heavy (non-hydrogen) atoms. The molecule has 0 aliphatic carbocycles. The molecule has 3 N–H and O–H groups in total. The van der Waals surface area contributed by atoms with E-state index in [4.69, 9.17) is 5.73 Å². The van der Waals surface area contributed by atoms with E-state index >= 15 is 0 Å². The van der Waals surface area contributed by atoms with E-state index in [0.29, 0.717) is 0 Å². The Morgan fingerprint density at radius 3 is 2.83 bits per heavy atom. The molecule has 0 aromatic carbocycles. The van der Waals surface area contributed by atoms with E-state index in [-0.39, 0.29) is 25.6 Å². The molecule has 0 aliphatic rings. The molecular weight excluding hydrogens is 255 g/mol. The number of halogens is 3. The first-order chi connectivity index (χ1) is 8.37. The predicted octanol–water partition coefficient (Wildman–Crippen LogP) is -0.445. The van der Waals surface area contributed by atoms with E-state index in [0.717, 1.165) is 0 Å². The third kappa shape index (κ3) is 6.03. The number of ether oxygens (including phenoxy) is 1. The summed E-state index contributed by atoms with van der Waals surface area (Å²) in [7, 11) is 0. The molecule has 0 fully saturated rings. The van der Waals surface area contributed by atoms with Crippen molar-refractivity contribution in [3.8, 4) is 0 Å². The number of carbonyl (C=O) groups is 1. The largest absolute Gasteiger partial charge is 0.411 e. The molecule has 1 aromatic heterocycles. The van der Waals surface area contributed by atoms with Crippen molar-refractivity contribution in [2.45, 2.75) is 12.7 Å². The van der Waals surface area contributed by atoms with Crippen molar-refractivity contribution in [3.63, 3.8) is 0 Å². The fourth-order valence-corrected chi connectivity index (χ4v) is 1.04. The Hall–Kier alpha value is -1.84. The molecule has 7 nitrogen and oxygen atoms in total. The molecule has 0 aliphatic heterocycles. The van der Waals surface area contributed by atoms with Gasteiger partial charge in [0, 0.05) is 6.54 Å². The highest BCUT2D eigenvalue weighted by Gasteiger charge is 2.27. The summed E-state index contributed by atoms with van der Waals surface area (Å²) in [4.78, 5) is 14.9. The van der Waals surface area contributed by atoms with Gasteiger partial charge in [-0.2, -0.15) is 13.2 Å². The maximum absolute atomic E-state index is 11.7. The van der Waals surface area contributed by atoms with Crippen LogP contribution < -0.4 is 11.1 Å². The Kier molecular flexibility index (Phi) is 4.89. The molecule has 0 spiro atoms. The van der Waals surface area contributed by atoms with E-state index < -0.39 is 18.7 Å². The van der Waals surface area contributed by atoms with Crippen molar-refractivity contribution in [2.75, 3.05) is 25.5 Å². The Morgan fingerprint density at radius 1 is 1.56 bits per heavy atom. The van der Waals surface area contributed by atoms with Crippen LogP contribution in [0.25, 0.3) is 0 Å². The lowest BCUT2D eigenvalue weighted by atomic mass is 10.5. The minimum absolute atomic E-state index is 0.0148. The maximum atomic E-state index is 11.7. The summed E-state index contributed by atoms with van der Waals surface area (Å²) in [6.45, 7) is -1.67. The van der Waals surface area contributed by atoms with Gasteiger partial charge in [0.1, 0.15) is 19.5 Å². The van der Waals surface area contributed by atoms with Gasteiger partial charge in [0.05, 0.1) is 6.61 Å². The van der Waals surface area contributed by atoms with Crippen molar-refractivity contribution < 1.29 is 22.7 Å². The summed E-state index contributed by atoms with van der Waals surface area (Å²) >= 11 is 0. The number of amides is 1. The van der Waals surface area contributed by atoms with Gasteiger partial charge in [-0.15, -0.1) is 5.10 Å². The zero-order valence-corrected chi connectivity index (χ0v) is 9.28. The molecular formula is C8H12F3N5O2. The van der Waals surface area contributed by atoms with Gasteiger partial charge in [-0.1, -0.05) is 0 Å². The molecule has 0 atom stereocenters. The van der Waals surface area contributed by atoms with Crippen molar-refractivity contribution in [1.29, 1.82) is 0 Å². The van der Waals surface area contributed by atoms with Gasteiger partial charge in [-0.3, -0.25) is 4.79 Å². The topological polar surface area (TPSA) is 95.1 Å². The predicted molar refractivity (Wildman–Crippen MR) is 54.3 cm³/mol. The van der Waals surface area contributed by atoms with Gasteiger partial charge in [-0.05, 0) is 0 Å². The average Bonchev–Trinajstić information content (AvgIpc) is 2.61. The Morgan fingerprint density at radius 2 is 2.28 bits per heavy atom. The number of hydrogen-bond donors (Lipinski definition) is 2. The minimum Gasteiger partial charge on any atom is -0.370 e. The van der Waals surface area contributed by atoms with Gasteiger partial charge >= 0.3 is 6.18 Å². The zero-order valence-electron chi connectivity index (χ0n) is 9.28. The molecule has 102 valence electrons. The first kappa shape index (κ1) is 14.2. The third-order valence-corrected chi connectivity index (χ3v) is 1.69. The fourth-order valence-electron chi connectivity index (χ4n) is 1.04. The molecule has 0 unspecified atom stereocenters. The summed E-state index contributed by atoms with van der Waals surface area (Å²) in [5.74, 6) is -0.383. The normalized spacial score (nSPS) is 11.5. The van der Waals surface area contributed by atoms with E-state index in [9.17, 15) is 18.0 Å². The number of nitrogens with two attached hydrogens (primary N) is 1. The van der Waals surface area contributed by atoms with Crippen LogP contribution in [0.5, 0.6) is 0 Å². The second kappa shape index (κ2) is 6.19. The van der Waals surface area contributed by atoms with E-state index in [2.05, 4.69) is 20.1 Å². The minimum atomic E-state index is -4.36. The number of rotatable bonds is 6. The van der Waals surface area contributed by atoms with Crippen LogP contribution in [0.3, 0.4) is 0 Å². The monoisotopic (exact) mass is 267 g/mol. The van der Waals surface area contributed by atoms with Crippen molar-refractivity contribution in [2.24, 2.45) is 0 Å². The number of nitrogens with zero attached hydrogens (tertiary/aromatic N) is 3. The van der Waals surface area contributed by atoms with Crippen molar-refractivity contribution >= 4 is 11.9 Å². The molecule has 1 amide bonds. The summed E-state index contributed by atoms with van der Waals surface area (Å²) in [5.41, 5.74) is 5.23. The van der Waals surface area contributed by atoms with E-state index in [1.165, 1.54) is 11.0 Å². The molecule has 1 rings (SSSR count). The first-order valence-corrected chi connectivity index (χ1v) is 4.93. The van der Waals surface area contributed by atoms with Crippen molar-refractivity contribution in [3.05, 3.63) is 6.33 Å². The number of carbonyl (C=O) groups excluding carboxylic acids is 1. The number of nitrogens with one attached hydrogen (secondary N) is 1. The van der Waals surface area contributed by atoms with Gasteiger partial charge in [0.15, 0.2) is 0 Å². The molecule has 0 bridgehead atoms. The molecule has 0 radical (unpaired) electrons. The highest BCUT2D eigenvalue weighted by molar-refractivity contribution is 5.75. The Labute approximate surface area is 100 Å². The number of hydrogen-bond acceptors (Lipinski definition) is 5. The average molecular weight is 267 g/mol. The Balaban J connectivity index is 2.11. The molecule has 0 saturated heterocycles. The van der Waals surface area contributed by atoms with Crippen LogP contribution in [-0.2, 0) is 16.1 Å². The van der Waals surface area contributed by atoms with E-state index in [1.807, 2.05) is 0 Å². The summed E-state index contributed by atoms with van der Waals surface area (Å²) in [5, 5.41) is 6.04. The summed E-state index contributed by atoms with van der Waals surface area (Å²) in [6, 6.07) is 0. The fraction of sp³-hybridized carbons (Fsp3) is 0.625.